The van der Waals surface area contributed by atoms with Gasteiger partial charge >= 0.3 is 0 Å². The lowest BCUT2D eigenvalue weighted by Crippen LogP contribution is -2.20. The highest BCUT2D eigenvalue weighted by atomic mass is 14.8. The molecule has 1 aliphatic rings. The summed E-state index contributed by atoms with van der Waals surface area (Å²) < 4.78 is 0. The van der Waals surface area contributed by atoms with E-state index in [4.69, 9.17) is 4.99 Å². The van der Waals surface area contributed by atoms with Crippen molar-refractivity contribution < 1.29 is 0 Å². The fraction of sp³-hybridized carbons (Fsp3) is 0.0364. The Morgan fingerprint density at radius 3 is 1.54 bits per heavy atom. The van der Waals surface area contributed by atoms with Crippen LogP contribution in [0, 0.1) is 0 Å². The van der Waals surface area contributed by atoms with Crippen molar-refractivity contribution in [2.45, 2.75) is 12.3 Å². The summed E-state index contributed by atoms with van der Waals surface area (Å²) in [5, 5.41) is 10.0. The van der Waals surface area contributed by atoms with Gasteiger partial charge in [-0.1, -0.05) is 194 Å². The molecule has 0 amide bonds. The Bertz CT molecular complexity index is 3140. The van der Waals surface area contributed by atoms with E-state index in [2.05, 4.69) is 206 Å². The molecule has 0 N–H and O–H groups in total. The Morgan fingerprint density at radius 2 is 0.857 bits per heavy atom. The highest BCUT2D eigenvalue weighted by Gasteiger charge is 2.26. The van der Waals surface area contributed by atoms with Gasteiger partial charge < -0.3 is 0 Å². The first-order chi connectivity index (χ1) is 27.8. The van der Waals surface area contributed by atoms with Crippen LogP contribution in [0.3, 0.4) is 0 Å². The minimum absolute atomic E-state index is 0.196. The molecule has 0 radical (unpaired) electrons. The average molecular weight is 712 g/mol. The van der Waals surface area contributed by atoms with Crippen molar-refractivity contribution >= 4 is 54.5 Å². The van der Waals surface area contributed by atoms with Crippen molar-refractivity contribution in [3.8, 4) is 33.4 Å². The van der Waals surface area contributed by atoms with Crippen molar-refractivity contribution in [2.24, 2.45) is 4.99 Å². The average Bonchev–Trinajstić information content (AvgIpc) is 3.27. The van der Waals surface area contributed by atoms with Gasteiger partial charge in [-0.2, -0.15) is 0 Å². The molecule has 1 heteroatoms. The fourth-order valence-corrected chi connectivity index (χ4v) is 9.20. The minimum Gasteiger partial charge on any atom is -0.252 e. The van der Waals surface area contributed by atoms with Crippen LogP contribution in [-0.4, -0.2) is 5.71 Å². The van der Waals surface area contributed by atoms with Gasteiger partial charge in [0.1, 0.15) is 0 Å². The molecule has 0 spiro atoms. The molecule has 56 heavy (non-hydrogen) atoms. The van der Waals surface area contributed by atoms with Crippen molar-refractivity contribution in [3.63, 3.8) is 0 Å². The van der Waals surface area contributed by atoms with E-state index in [9.17, 15) is 0 Å². The fourth-order valence-electron chi connectivity index (χ4n) is 9.20. The molecule has 0 saturated carbocycles. The number of para-hydroxylation sites is 1. The summed E-state index contributed by atoms with van der Waals surface area (Å²) >= 11 is 0. The number of hydrogen-bond acceptors (Lipinski definition) is 1. The van der Waals surface area contributed by atoms with Gasteiger partial charge in [-0.3, -0.25) is 4.99 Å². The van der Waals surface area contributed by atoms with Gasteiger partial charge in [0.15, 0.2) is 0 Å². The molecule has 1 aliphatic heterocycles. The zero-order valence-corrected chi connectivity index (χ0v) is 30.9. The van der Waals surface area contributed by atoms with Crippen LogP contribution in [0.15, 0.2) is 211 Å². The van der Waals surface area contributed by atoms with Gasteiger partial charge in [-0.25, -0.2) is 0 Å². The van der Waals surface area contributed by atoms with Crippen LogP contribution in [0.25, 0.3) is 76.5 Å². The number of fused-ring (bicyclic) bond motifs is 5. The molecule has 1 atom stereocenters. The lowest BCUT2D eigenvalue weighted by molar-refractivity contribution is 0.859. The number of rotatable bonds is 5. The maximum atomic E-state index is 5.29. The monoisotopic (exact) mass is 711 g/mol. The summed E-state index contributed by atoms with van der Waals surface area (Å²) in [5.74, 6) is 0.196. The zero-order valence-electron chi connectivity index (χ0n) is 30.9. The first-order valence-electron chi connectivity index (χ1n) is 19.6. The quantitative estimate of drug-likeness (QED) is 0.158. The molecular weight excluding hydrogens is 675 g/mol. The number of benzene rings is 10. The van der Waals surface area contributed by atoms with E-state index >= 15 is 0 Å². The number of hydrogen-bond donors (Lipinski definition) is 0. The first-order valence-corrected chi connectivity index (χ1v) is 19.6. The van der Waals surface area contributed by atoms with E-state index < -0.39 is 0 Å². The topological polar surface area (TPSA) is 12.4 Å². The molecule has 0 saturated heterocycles. The van der Waals surface area contributed by atoms with Gasteiger partial charge in [0.25, 0.3) is 0 Å². The van der Waals surface area contributed by atoms with Crippen LogP contribution in [0.1, 0.15) is 22.6 Å². The normalized spacial score (nSPS) is 13.9. The molecule has 0 aromatic heterocycles. The SMILES string of the molecule is c1ccc(C2Cc3ccccc3N=C2c2ccc(-c3ccc4c(-c5cccc6ccccc56)c5ccccc5c(-c5cccc6ccccc56)c4c3)cc2)cc1. The molecule has 1 nitrogen and oxygen atoms in total. The van der Waals surface area contributed by atoms with Crippen LogP contribution in [-0.2, 0) is 6.42 Å². The van der Waals surface area contributed by atoms with Crippen LogP contribution >= 0.6 is 0 Å². The Morgan fingerprint density at radius 1 is 0.357 bits per heavy atom. The third kappa shape index (κ3) is 5.35. The lowest BCUT2D eigenvalue weighted by atomic mass is 9.82. The molecule has 1 heterocycles. The highest BCUT2D eigenvalue weighted by molar-refractivity contribution is 6.25. The van der Waals surface area contributed by atoms with Gasteiger partial charge in [0, 0.05) is 5.92 Å². The minimum atomic E-state index is 0.196. The number of nitrogens with zero attached hydrogens (tertiary/aromatic N) is 1. The Balaban J connectivity index is 1.13. The van der Waals surface area contributed by atoms with E-state index in [0.717, 1.165) is 17.8 Å². The highest BCUT2D eigenvalue weighted by Crippen LogP contribution is 2.47. The standard InChI is InChI=1S/C55H37N/c1-2-14-39(15-3-1)50-35-42-18-6-11-27-52(42)56-55(50)40-30-28-36(29-31-40)41-32-33-49-51(34-41)54(46-26-13-20-38-17-5-8-22-44(38)46)48-24-10-9-23-47(48)53(49)45-25-12-19-37-16-4-7-21-43(37)45/h1-34,50H,35H2. The largest absolute Gasteiger partial charge is 0.252 e. The first kappa shape index (κ1) is 32.3. The maximum absolute atomic E-state index is 5.29. The van der Waals surface area contributed by atoms with Gasteiger partial charge in [-0.05, 0) is 112 Å². The lowest BCUT2D eigenvalue weighted by Gasteiger charge is -2.26. The van der Waals surface area contributed by atoms with Crippen molar-refractivity contribution in [2.75, 3.05) is 0 Å². The summed E-state index contributed by atoms with van der Waals surface area (Å²) in [5.41, 5.74) is 13.4. The Hall–Kier alpha value is -7.09. The molecule has 0 fully saturated rings. The predicted octanol–water partition coefficient (Wildman–Crippen LogP) is 14.8. The van der Waals surface area contributed by atoms with E-state index in [1.54, 1.807) is 0 Å². The molecule has 10 aromatic rings. The molecule has 0 bridgehead atoms. The Kier molecular flexibility index (Phi) is 7.70. The smallest absolute Gasteiger partial charge is 0.0665 e. The third-order valence-electron chi connectivity index (χ3n) is 11.8. The second-order valence-electron chi connectivity index (χ2n) is 15.0. The maximum Gasteiger partial charge on any atom is 0.0665 e. The van der Waals surface area contributed by atoms with Gasteiger partial charge in [-0.15, -0.1) is 0 Å². The summed E-state index contributed by atoms with van der Waals surface area (Å²) in [6.07, 6.45) is 0.940. The predicted molar refractivity (Wildman–Crippen MR) is 238 cm³/mol. The zero-order chi connectivity index (χ0) is 37.0. The van der Waals surface area contributed by atoms with Gasteiger partial charge in [0.05, 0.1) is 11.4 Å². The van der Waals surface area contributed by atoms with E-state index in [-0.39, 0.29) is 5.92 Å². The summed E-state index contributed by atoms with van der Waals surface area (Å²) in [7, 11) is 0. The number of aliphatic imine (C=N–C) groups is 1. The summed E-state index contributed by atoms with van der Waals surface area (Å²) in [6, 6.07) is 75.6. The van der Waals surface area contributed by atoms with Crippen LogP contribution < -0.4 is 0 Å². The summed E-state index contributed by atoms with van der Waals surface area (Å²) in [4.78, 5) is 5.29. The van der Waals surface area contributed by atoms with Crippen LogP contribution in [0.5, 0.6) is 0 Å². The van der Waals surface area contributed by atoms with Crippen molar-refractivity contribution in [1.29, 1.82) is 0 Å². The Labute approximate surface area is 326 Å². The van der Waals surface area contributed by atoms with E-state index in [1.807, 2.05) is 0 Å². The molecule has 262 valence electrons. The molecule has 10 aromatic carbocycles. The second kappa shape index (κ2) is 13.3. The third-order valence-corrected chi connectivity index (χ3v) is 11.8. The van der Waals surface area contributed by atoms with Crippen LogP contribution in [0.2, 0.25) is 0 Å². The van der Waals surface area contributed by atoms with Crippen LogP contribution in [0.4, 0.5) is 5.69 Å². The molecular formula is C55H37N. The van der Waals surface area contributed by atoms with E-state index in [1.165, 1.54) is 93.2 Å². The summed E-state index contributed by atoms with van der Waals surface area (Å²) in [6.45, 7) is 0. The molecule has 1 unspecified atom stereocenters. The van der Waals surface area contributed by atoms with Crippen molar-refractivity contribution in [3.05, 3.63) is 223 Å². The van der Waals surface area contributed by atoms with Crippen molar-refractivity contribution in [1.82, 2.24) is 0 Å². The molecule has 11 rings (SSSR count). The van der Waals surface area contributed by atoms with Gasteiger partial charge in [0.2, 0.25) is 0 Å². The molecule has 0 aliphatic carbocycles. The van der Waals surface area contributed by atoms with E-state index in [0.29, 0.717) is 0 Å². The second-order valence-corrected chi connectivity index (χ2v) is 15.0.